The molecule has 1 aromatic heterocycles. The van der Waals surface area contributed by atoms with Gasteiger partial charge < -0.3 is 4.90 Å². The summed E-state index contributed by atoms with van der Waals surface area (Å²) >= 11 is 0. The van der Waals surface area contributed by atoms with Crippen molar-refractivity contribution in [1.29, 1.82) is 0 Å². The molecule has 1 fully saturated rings. The summed E-state index contributed by atoms with van der Waals surface area (Å²) in [5.41, 5.74) is 1.33. The van der Waals surface area contributed by atoms with Crippen molar-refractivity contribution in [1.82, 2.24) is 19.9 Å². The smallest absolute Gasteiger partial charge is 0.338 e. The van der Waals surface area contributed by atoms with Crippen LogP contribution in [0.5, 0.6) is 0 Å². The highest BCUT2D eigenvalue weighted by molar-refractivity contribution is 5.94. The molecule has 0 radical (unpaired) electrons. The molecule has 0 aliphatic carbocycles. The minimum absolute atomic E-state index is 0.0282. The van der Waals surface area contributed by atoms with E-state index < -0.39 is 12.1 Å². The number of carbonyl (C=O) groups is 1. The first kappa shape index (κ1) is 15.5. The van der Waals surface area contributed by atoms with Crippen molar-refractivity contribution >= 4 is 5.91 Å². The van der Waals surface area contributed by atoms with Gasteiger partial charge in [0.2, 0.25) is 0 Å². The van der Waals surface area contributed by atoms with Crippen molar-refractivity contribution in [3.8, 4) is 0 Å². The van der Waals surface area contributed by atoms with Gasteiger partial charge in [-0.1, -0.05) is 17.3 Å². The maximum absolute atomic E-state index is 12.7. The van der Waals surface area contributed by atoms with Gasteiger partial charge in [-0.25, -0.2) is 4.68 Å². The Morgan fingerprint density at radius 3 is 2.57 bits per heavy atom. The summed E-state index contributed by atoms with van der Waals surface area (Å²) in [4.78, 5) is 13.5. The molecular weight excluding hydrogens is 309 g/mol. The van der Waals surface area contributed by atoms with Gasteiger partial charge in [-0.2, -0.15) is 13.2 Å². The third kappa shape index (κ3) is 3.52. The average Bonchev–Trinajstić information content (AvgIpc) is 3.18. The number of carbonyl (C=O) groups excluding carboxylic acids is 1. The van der Waals surface area contributed by atoms with Crippen LogP contribution < -0.4 is 0 Å². The molecule has 1 unspecified atom stereocenters. The Balaban J connectivity index is 1.64. The lowest BCUT2D eigenvalue weighted by Gasteiger charge is -2.18. The largest absolute Gasteiger partial charge is 0.393 e. The average molecular weight is 324 g/mol. The Labute approximate surface area is 130 Å². The molecule has 23 heavy (non-hydrogen) atoms. The van der Waals surface area contributed by atoms with Gasteiger partial charge in [0.25, 0.3) is 5.91 Å². The Kier molecular flexibility index (Phi) is 4.06. The molecule has 0 N–H and O–H groups in total. The minimum atomic E-state index is -4.24. The fraction of sp³-hybridized carbons (Fsp3) is 0.400. The molecule has 2 heterocycles. The molecule has 8 heteroatoms. The molecule has 5 nitrogen and oxygen atoms in total. The predicted molar refractivity (Wildman–Crippen MR) is 75.6 cm³/mol. The van der Waals surface area contributed by atoms with E-state index in [4.69, 9.17) is 0 Å². The SMILES string of the molecule is O=C(c1ccc(Cn2ccnn2)cc1)N1CCC(C(F)(F)F)C1. The summed E-state index contributed by atoms with van der Waals surface area (Å²) in [5.74, 6) is -1.78. The molecule has 0 spiro atoms. The Morgan fingerprint density at radius 1 is 1.26 bits per heavy atom. The summed E-state index contributed by atoms with van der Waals surface area (Å²) in [6.07, 6.45) is -0.973. The standard InChI is InChI=1S/C15H15F3N4O/c16-15(17,18)13-5-7-21(10-13)14(23)12-3-1-11(2-4-12)9-22-8-6-19-20-22/h1-4,6,8,13H,5,7,9-10H2. The molecule has 1 amide bonds. The van der Waals surface area contributed by atoms with Gasteiger partial charge in [-0.05, 0) is 24.1 Å². The number of likely N-dealkylation sites (tertiary alicyclic amines) is 1. The molecule has 2 aromatic rings. The van der Waals surface area contributed by atoms with Crippen LogP contribution >= 0.6 is 0 Å². The van der Waals surface area contributed by atoms with E-state index in [1.165, 1.54) is 4.90 Å². The first-order valence-corrected chi connectivity index (χ1v) is 7.22. The first-order chi connectivity index (χ1) is 10.9. The van der Waals surface area contributed by atoms with Gasteiger partial charge >= 0.3 is 6.18 Å². The van der Waals surface area contributed by atoms with Gasteiger partial charge in [0, 0.05) is 24.8 Å². The van der Waals surface area contributed by atoms with Crippen LogP contribution in [0.3, 0.4) is 0 Å². The van der Waals surface area contributed by atoms with E-state index in [2.05, 4.69) is 10.3 Å². The zero-order valence-electron chi connectivity index (χ0n) is 12.2. The highest BCUT2D eigenvalue weighted by Crippen LogP contribution is 2.33. The number of hydrogen-bond donors (Lipinski definition) is 0. The number of amides is 1. The Bertz CT molecular complexity index is 667. The van der Waals surface area contributed by atoms with E-state index in [0.717, 1.165) is 5.56 Å². The molecular formula is C15H15F3N4O. The van der Waals surface area contributed by atoms with E-state index in [9.17, 15) is 18.0 Å². The number of aromatic nitrogens is 3. The molecule has 1 aromatic carbocycles. The zero-order valence-corrected chi connectivity index (χ0v) is 12.2. The van der Waals surface area contributed by atoms with E-state index in [1.54, 1.807) is 41.3 Å². The predicted octanol–water partition coefficient (Wildman–Crippen LogP) is 2.35. The van der Waals surface area contributed by atoms with E-state index >= 15 is 0 Å². The van der Waals surface area contributed by atoms with Gasteiger partial charge in [0.1, 0.15) is 0 Å². The summed E-state index contributed by atoms with van der Waals surface area (Å²) < 4.78 is 39.7. The minimum Gasteiger partial charge on any atom is -0.338 e. The fourth-order valence-corrected chi connectivity index (χ4v) is 2.65. The number of halogens is 3. The second kappa shape index (κ2) is 6.02. The van der Waals surface area contributed by atoms with Crippen LogP contribution in [0.15, 0.2) is 36.7 Å². The number of hydrogen-bond acceptors (Lipinski definition) is 3. The molecule has 3 rings (SSSR count). The molecule has 1 saturated heterocycles. The fourth-order valence-electron chi connectivity index (χ4n) is 2.65. The summed E-state index contributed by atoms with van der Waals surface area (Å²) in [7, 11) is 0. The van der Waals surface area contributed by atoms with Gasteiger partial charge in [0.05, 0.1) is 18.7 Å². The van der Waals surface area contributed by atoms with Crippen molar-refractivity contribution < 1.29 is 18.0 Å². The van der Waals surface area contributed by atoms with Crippen molar-refractivity contribution in [2.45, 2.75) is 19.1 Å². The van der Waals surface area contributed by atoms with Gasteiger partial charge in [-0.15, -0.1) is 5.10 Å². The number of alkyl halides is 3. The molecule has 122 valence electrons. The van der Waals surface area contributed by atoms with Gasteiger partial charge in [-0.3, -0.25) is 4.79 Å². The lowest BCUT2D eigenvalue weighted by molar-refractivity contribution is -0.169. The van der Waals surface area contributed by atoms with Crippen molar-refractivity contribution in [3.63, 3.8) is 0 Å². The maximum Gasteiger partial charge on any atom is 0.393 e. The number of rotatable bonds is 3. The molecule has 0 saturated carbocycles. The van der Waals surface area contributed by atoms with E-state index in [1.807, 2.05) is 0 Å². The quantitative estimate of drug-likeness (QED) is 0.871. The zero-order chi connectivity index (χ0) is 16.4. The van der Waals surface area contributed by atoms with Crippen LogP contribution in [0.25, 0.3) is 0 Å². The van der Waals surface area contributed by atoms with E-state index in [-0.39, 0.29) is 25.4 Å². The van der Waals surface area contributed by atoms with Gasteiger partial charge in [0.15, 0.2) is 0 Å². The molecule has 1 aliphatic heterocycles. The highest BCUT2D eigenvalue weighted by Gasteiger charge is 2.44. The molecule has 0 bridgehead atoms. The second-order valence-electron chi connectivity index (χ2n) is 5.58. The lowest BCUT2D eigenvalue weighted by Crippen LogP contribution is -2.31. The van der Waals surface area contributed by atoms with Crippen molar-refractivity contribution in [2.75, 3.05) is 13.1 Å². The molecule has 1 atom stereocenters. The van der Waals surface area contributed by atoms with Crippen LogP contribution in [-0.2, 0) is 6.54 Å². The van der Waals surface area contributed by atoms with Crippen LogP contribution in [0.1, 0.15) is 22.3 Å². The summed E-state index contributed by atoms with van der Waals surface area (Å²) in [6, 6.07) is 6.81. The van der Waals surface area contributed by atoms with Crippen molar-refractivity contribution in [3.05, 3.63) is 47.8 Å². The normalized spacial score (nSPS) is 18.4. The highest BCUT2D eigenvalue weighted by atomic mass is 19.4. The molecule has 1 aliphatic rings. The van der Waals surface area contributed by atoms with Crippen molar-refractivity contribution in [2.24, 2.45) is 5.92 Å². The Hall–Kier alpha value is -2.38. The van der Waals surface area contributed by atoms with Crippen LogP contribution in [0, 0.1) is 5.92 Å². The maximum atomic E-state index is 12.7. The Morgan fingerprint density at radius 2 is 2.00 bits per heavy atom. The third-order valence-corrected chi connectivity index (χ3v) is 3.96. The van der Waals surface area contributed by atoms with Crippen LogP contribution in [0.2, 0.25) is 0 Å². The van der Waals surface area contributed by atoms with Crippen LogP contribution in [-0.4, -0.2) is 45.1 Å². The second-order valence-corrected chi connectivity index (χ2v) is 5.58. The monoisotopic (exact) mass is 324 g/mol. The summed E-state index contributed by atoms with van der Waals surface area (Å²) in [5, 5.41) is 7.55. The van der Waals surface area contributed by atoms with E-state index in [0.29, 0.717) is 12.1 Å². The lowest BCUT2D eigenvalue weighted by atomic mass is 10.1. The summed E-state index contributed by atoms with van der Waals surface area (Å²) in [6.45, 7) is 0.404. The first-order valence-electron chi connectivity index (χ1n) is 7.22. The number of nitrogens with zero attached hydrogens (tertiary/aromatic N) is 4. The topological polar surface area (TPSA) is 51.0 Å². The number of benzene rings is 1. The third-order valence-electron chi connectivity index (χ3n) is 3.96. The van der Waals surface area contributed by atoms with Crippen LogP contribution in [0.4, 0.5) is 13.2 Å².